The zero-order chi connectivity index (χ0) is 15.5. The van der Waals surface area contributed by atoms with E-state index >= 15 is 0 Å². The molecule has 1 N–H and O–H groups in total. The van der Waals surface area contributed by atoms with Crippen molar-refractivity contribution >= 4 is 17.7 Å². The number of thioether (sulfide) groups is 1. The van der Waals surface area contributed by atoms with Gasteiger partial charge in [-0.1, -0.05) is 0 Å². The van der Waals surface area contributed by atoms with Gasteiger partial charge in [0.25, 0.3) is 0 Å². The molecule has 1 saturated carbocycles. The number of aromatic nitrogens is 1. The highest BCUT2D eigenvalue weighted by atomic mass is 32.2. The van der Waals surface area contributed by atoms with Crippen LogP contribution < -0.4 is 5.32 Å². The number of methoxy groups -OCH3 is 1. The SMILES string of the molecule is COC(=O)C(C)(CCSc1cc(C)cc(C)n1)NC1CC1. The van der Waals surface area contributed by atoms with Crippen LogP contribution in [0.4, 0.5) is 0 Å². The predicted octanol–water partition coefficient (Wildman–Crippen LogP) is 2.86. The van der Waals surface area contributed by atoms with Crippen LogP contribution in [0, 0.1) is 13.8 Å². The molecule has 0 aromatic carbocycles. The zero-order valence-electron chi connectivity index (χ0n) is 13.2. The molecule has 116 valence electrons. The van der Waals surface area contributed by atoms with Gasteiger partial charge in [0, 0.05) is 17.5 Å². The van der Waals surface area contributed by atoms with Crippen LogP contribution in [0.25, 0.3) is 0 Å². The summed E-state index contributed by atoms with van der Waals surface area (Å²) in [7, 11) is 1.45. The van der Waals surface area contributed by atoms with Crippen molar-refractivity contribution in [2.45, 2.75) is 56.6 Å². The minimum atomic E-state index is -0.595. The van der Waals surface area contributed by atoms with Crippen LogP contribution in [-0.2, 0) is 9.53 Å². The van der Waals surface area contributed by atoms with E-state index in [4.69, 9.17) is 4.74 Å². The molecule has 5 heteroatoms. The maximum atomic E-state index is 12.0. The van der Waals surface area contributed by atoms with Gasteiger partial charge in [-0.05, 0) is 57.7 Å². The summed E-state index contributed by atoms with van der Waals surface area (Å²) in [6, 6.07) is 4.62. The molecular weight excluding hydrogens is 284 g/mol. The van der Waals surface area contributed by atoms with E-state index in [1.807, 2.05) is 13.8 Å². The molecule has 0 spiro atoms. The molecule has 1 aliphatic carbocycles. The Morgan fingerprint density at radius 1 is 1.48 bits per heavy atom. The number of hydrogen-bond acceptors (Lipinski definition) is 5. The molecule has 2 rings (SSSR count). The van der Waals surface area contributed by atoms with Gasteiger partial charge in [-0.2, -0.15) is 0 Å². The molecule has 0 radical (unpaired) electrons. The van der Waals surface area contributed by atoms with E-state index in [0.29, 0.717) is 6.04 Å². The standard InChI is InChI=1S/C16H24N2O2S/c1-11-9-12(2)17-14(10-11)21-8-7-16(3,15(19)20-4)18-13-5-6-13/h9-10,13,18H,5-8H2,1-4H3. The van der Waals surface area contributed by atoms with Crippen molar-refractivity contribution in [2.24, 2.45) is 0 Å². The Hall–Kier alpha value is -1.07. The highest BCUT2D eigenvalue weighted by Gasteiger charge is 2.38. The number of rotatable bonds is 7. The summed E-state index contributed by atoms with van der Waals surface area (Å²) in [5.41, 5.74) is 1.66. The summed E-state index contributed by atoms with van der Waals surface area (Å²) in [6.45, 7) is 6.02. The second-order valence-electron chi connectivity index (χ2n) is 5.96. The fourth-order valence-electron chi connectivity index (χ4n) is 2.37. The number of carbonyl (C=O) groups is 1. The molecule has 4 nitrogen and oxygen atoms in total. The molecule has 0 amide bonds. The summed E-state index contributed by atoms with van der Waals surface area (Å²) < 4.78 is 4.96. The van der Waals surface area contributed by atoms with Crippen LogP contribution in [0.15, 0.2) is 17.2 Å². The minimum Gasteiger partial charge on any atom is -0.468 e. The molecule has 0 saturated heterocycles. The molecule has 0 bridgehead atoms. The van der Waals surface area contributed by atoms with E-state index in [0.717, 1.165) is 35.7 Å². The van der Waals surface area contributed by atoms with Crippen molar-refractivity contribution in [3.63, 3.8) is 0 Å². The van der Waals surface area contributed by atoms with E-state index in [9.17, 15) is 4.79 Å². The molecule has 1 aliphatic rings. The van der Waals surface area contributed by atoms with Crippen LogP contribution in [-0.4, -0.2) is 35.4 Å². The van der Waals surface area contributed by atoms with Gasteiger partial charge in [0.1, 0.15) is 5.54 Å². The molecule has 1 fully saturated rings. The topological polar surface area (TPSA) is 51.2 Å². The number of pyridine rings is 1. The number of hydrogen-bond donors (Lipinski definition) is 1. The predicted molar refractivity (Wildman–Crippen MR) is 85.6 cm³/mol. The lowest BCUT2D eigenvalue weighted by Gasteiger charge is -2.28. The molecule has 1 unspecified atom stereocenters. The number of nitrogens with one attached hydrogen (secondary N) is 1. The maximum Gasteiger partial charge on any atom is 0.325 e. The van der Waals surface area contributed by atoms with E-state index in [1.54, 1.807) is 11.8 Å². The van der Waals surface area contributed by atoms with Crippen LogP contribution in [0.3, 0.4) is 0 Å². The summed E-state index contributed by atoms with van der Waals surface area (Å²) in [6.07, 6.45) is 3.03. The summed E-state index contributed by atoms with van der Waals surface area (Å²) in [5.74, 6) is 0.657. The van der Waals surface area contributed by atoms with E-state index < -0.39 is 5.54 Å². The summed E-state index contributed by atoms with van der Waals surface area (Å²) >= 11 is 1.69. The van der Waals surface area contributed by atoms with E-state index in [-0.39, 0.29) is 5.97 Å². The largest absolute Gasteiger partial charge is 0.468 e. The van der Waals surface area contributed by atoms with Crippen molar-refractivity contribution in [3.05, 3.63) is 23.4 Å². The quantitative estimate of drug-likeness (QED) is 0.620. The zero-order valence-corrected chi connectivity index (χ0v) is 14.0. The van der Waals surface area contributed by atoms with Gasteiger partial charge in [0.05, 0.1) is 12.1 Å². The third-order valence-corrected chi connectivity index (χ3v) is 4.58. The minimum absolute atomic E-state index is 0.177. The van der Waals surface area contributed by atoms with Gasteiger partial charge in [-0.3, -0.25) is 10.1 Å². The lowest BCUT2D eigenvalue weighted by molar-refractivity contribution is -0.148. The third-order valence-electron chi connectivity index (χ3n) is 3.66. The van der Waals surface area contributed by atoms with Gasteiger partial charge in [-0.15, -0.1) is 11.8 Å². The normalized spacial score (nSPS) is 17.3. The van der Waals surface area contributed by atoms with Gasteiger partial charge in [0.15, 0.2) is 0 Å². The monoisotopic (exact) mass is 308 g/mol. The second-order valence-corrected chi connectivity index (χ2v) is 7.08. The summed E-state index contributed by atoms with van der Waals surface area (Å²) in [5, 5.41) is 4.44. The van der Waals surface area contributed by atoms with Crippen LogP contribution in [0.2, 0.25) is 0 Å². The smallest absolute Gasteiger partial charge is 0.325 e. The van der Waals surface area contributed by atoms with Gasteiger partial charge in [-0.25, -0.2) is 4.98 Å². The fraction of sp³-hybridized carbons (Fsp3) is 0.625. The Kier molecular flexibility index (Phi) is 5.27. The molecule has 1 aromatic heterocycles. The Morgan fingerprint density at radius 3 is 2.76 bits per heavy atom. The first-order valence-corrected chi connectivity index (χ1v) is 8.36. The molecule has 0 aliphatic heterocycles. The van der Waals surface area contributed by atoms with Gasteiger partial charge < -0.3 is 4.74 Å². The molecule has 1 atom stereocenters. The average molecular weight is 308 g/mol. The number of carbonyl (C=O) groups excluding carboxylic acids is 1. The van der Waals surface area contributed by atoms with Crippen LogP contribution in [0.5, 0.6) is 0 Å². The first-order chi connectivity index (χ1) is 9.93. The lowest BCUT2D eigenvalue weighted by Crippen LogP contribution is -2.51. The average Bonchev–Trinajstić information content (AvgIpc) is 3.20. The lowest BCUT2D eigenvalue weighted by atomic mass is 9.99. The molecule has 1 heterocycles. The van der Waals surface area contributed by atoms with Gasteiger partial charge >= 0.3 is 5.97 Å². The third kappa shape index (κ3) is 4.71. The number of esters is 1. The van der Waals surface area contributed by atoms with Crippen molar-refractivity contribution in [2.75, 3.05) is 12.9 Å². The van der Waals surface area contributed by atoms with Crippen molar-refractivity contribution in [3.8, 4) is 0 Å². The van der Waals surface area contributed by atoms with Crippen molar-refractivity contribution < 1.29 is 9.53 Å². The van der Waals surface area contributed by atoms with Gasteiger partial charge in [0.2, 0.25) is 0 Å². The molecule has 21 heavy (non-hydrogen) atoms. The number of nitrogens with zero attached hydrogens (tertiary/aromatic N) is 1. The first kappa shape index (κ1) is 16.3. The Labute approximate surface area is 131 Å². The number of aryl methyl sites for hydroxylation is 2. The Morgan fingerprint density at radius 2 is 2.19 bits per heavy atom. The highest BCUT2D eigenvalue weighted by molar-refractivity contribution is 7.99. The maximum absolute atomic E-state index is 12.0. The highest BCUT2D eigenvalue weighted by Crippen LogP contribution is 2.27. The van der Waals surface area contributed by atoms with Crippen molar-refractivity contribution in [1.29, 1.82) is 0 Å². The Balaban J connectivity index is 1.93. The number of ether oxygens (including phenoxy) is 1. The van der Waals surface area contributed by atoms with Crippen LogP contribution in [0.1, 0.15) is 37.4 Å². The van der Waals surface area contributed by atoms with E-state index in [2.05, 4.69) is 29.4 Å². The van der Waals surface area contributed by atoms with Crippen molar-refractivity contribution in [1.82, 2.24) is 10.3 Å². The Bertz CT molecular complexity index is 497. The van der Waals surface area contributed by atoms with Crippen LogP contribution >= 0.6 is 11.8 Å². The second kappa shape index (κ2) is 6.79. The fourth-order valence-corrected chi connectivity index (χ4v) is 3.57. The first-order valence-electron chi connectivity index (χ1n) is 7.37. The molecule has 1 aromatic rings. The van der Waals surface area contributed by atoms with E-state index in [1.165, 1.54) is 12.7 Å². The molecular formula is C16H24N2O2S. The summed E-state index contributed by atoms with van der Waals surface area (Å²) in [4.78, 5) is 16.6.